The van der Waals surface area contributed by atoms with Gasteiger partial charge in [0.05, 0.1) is 17.0 Å². The Morgan fingerprint density at radius 3 is 2.78 bits per heavy atom. The van der Waals surface area contributed by atoms with Crippen LogP contribution in [0.4, 0.5) is 0 Å². The summed E-state index contributed by atoms with van der Waals surface area (Å²) in [5.74, 6) is -0.705. The first-order valence-electron chi connectivity index (χ1n) is 8.76. The Bertz CT molecular complexity index is 912. The van der Waals surface area contributed by atoms with Crippen molar-refractivity contribution < 1.29 is 13.2 Å². The molecular formula is C19H22N4O3S. The van der Waals surface area contributed by atoms with E-state index in [4.69, 9.17) is 0 Å². The van der Waals surface area contributed by atoms with Gasteiger partial charge in [-0.1, -0.05) is 23.8 Å². The number of carbonyl (C=O) groups is 1. The van der Waals surface area contributed by atoms with E-state index in [9.17, 15) is 13.2 Å². The lowest BCUT2D eigenvalue weighted by atomic mass is 9.99. The zero-order valence-corrected chi connectivity index (χ0v) is 15.9. The summed E-state index contributed by atoms with van der Waals surface area (Å²) >= 11 is 0. The minimum Gasteiger partial charge on any atom is -0.273 e. The van der Waals surface area contributed by atoms with Crippen LogP contribution in [0.1, 0.15) is 24.0 Å². The molecule has 2 heterocycles. The number of aryl methyl sites for hydroxylation is 1. The average Bonchev–Trinajstić information content (AvgIpc) is 2.69. The van der Waals surface area contributed by atoms with Crippen molar-refractivity contribution in [2.24, 2.45) is 11.0 Å². The summed E-state index contributed by atoms with van der Waals surface area (Å²) in [5.41, 5.74) is 4.27. The van der Waals surface area contributed by atoms with E-state index in [1.165, 1.54) is 10.5 Å². The van der Waals surface area contributed by atoms with E-state index in [2.05, 4.69) is 15.5 Å². The van der Waals surface area contributed by atoms with Crippen LogP contribution >= 0.6 is 0 Å². The van der Waals surface area contributed by atoms with Crippen molar-refractivity contribution in [2.75, 3.05) is 13.1 Å². The minimum absolute atomic E-state index is 0.157. The standard InChI is InChI=1S/C19H22N4O3S/c1-15-6-8-18(9-7-15)27(25,26)23-11-3-5-17(14-23)19(24)22-21-13-16-4-2-10-20-12-16/h2,4,6-10,12-13,17H,3,5,11,14H2,1H3,(H,22,24)/b21-13-/t17-/m1/s1. The van der Waals surface area contributed by atoms with E-state index < -0.39 is 15.9 Å². The summed E-state index contributed by atoms with van der Waals surface area (Å²) in [7, 11) is -3.60. The fraction of sp³-hybridized carbons (Fsp3) is 0.316. The number of benzene rings is 1. The van der Waals surface area contributed by atoms with E-state index in [1.54, 1.807) is 42.7 Å². The Morgan fingerprint density at radius 1 is 1.30 bits per heavy atom. The van der Waals surface area contributed by atoms with Gasteiger partial charge in [-0.2, -0.15) is 9.41 Å². The number of nitrogens with one attached hydrogen (secondary N) is 1. The van der Waals surface area contributed by atoms with Crippen LogP contribution in [0, 0.1) is 12.8 Å². The predicted octanol–water partition coefficient (Wildman–Crippen LogP) is 1.94. The zero-order chi connectivity index (χ0) is 19.3. The SMILES string of the molecule is Cc1ccc(S(=O)(=O)N2CCC[C@@H](C(=O)N/N=C\c3cccnc3)C2)cc1. The molecule has 1 aromatic heterocycles. The number of aromatic nitrogens is 1. The van der Waals surface area contributed by atoms with Gasteiger partial charge in [-0.3, -0.25) is 9.78 Å². The molecular weight excluding hydrogens is 364 g/mol. The third-order valence-corrected chi connectivity index (χ3v) is 6.37. The predicted molar refractivity (Wildman–Crippen MR) is 103 cm³/mol. The summed E-state index contributed by atoms with van der Waals surface area (Å²) in [5, 5.41) is 3.94. The normalized spacial score (nSPS) is 18.5. The molecule has 0 radical (unpaired) electrons. The summed E-state index contributed by atoms with van der Waals surface area (Å²) in [6, 6.07) is 10.3. The number of sulfonamides is 1. The fourth-order valence-corrected chi connectivity index (χ4v) is 4.47. The summed E-state index contributed by atoms with van der Waals surface area (Å²) < 4.78 is 27.0. The van der Waals surface area contributed by atoms with Gasteiger partial charge in [0, 0.05) is 31.0 Å². The molecule has 1 N–H and O–H groups in total. The Labute approximate surface area is 159 Å². The molecule has 7 nitrogen and oxygen atoms in total. The molecule has 1 saturated heterocycles. The highest BCUT2D eigenvalue weighted by Crippen LogP contribution is 2.24. The maximum absolute atomic E-state index is 12.8. The number of piperidine rings is 1. The quantitative estimate of drug-likeness (QED) is 0.628. The largest absolute Gasteiger partial charge is 0.273 e. The lowest BCUT2D eigenvalue weighted by molar-refractivity contribution is -0.126. The number of nitrogens with zero attached hydrogens (tertiary/aromatic N) is 3. The number of carbonyl (C=O) groups excluding carboxylic acids is 1. The average molecular weight is 386 g/mol. The summed E-state index contributed by atoms with van der Waals surface area (Å²) in [4.78, 5) is 16.6. The Kier molecular flexibility index (Phi) is 5.98. The second-order valence-electron chi connectivity index (χ2n) is 6.54. The van der Waals surface area contributed by atoms with Crippen LogP contribution < -0.4 is 5.43 Å². The molecule has 8 heteroatoms. The molecule has 1 aliphatic heterocycles. The number of hydrazone groups is 1. The number of hydrogen-bond donors (Lipinski definition) is 1. The number of pyridine rings is 1. The van der Waals surface area contributed by atoms with Gasteiger partial charge in [0.2, 0.25) is 15.9 Å². The van der Waals surface area contributed by atoms with Gasteiger partial charge in [-0.05, 0) is 38.0 Å². The third kappa shape index (κ3) is 4.78. The van der Waals surface area contributed by atoms with E-state index in [-0.39, 0.29) is 17.3 Å². The van der Waals surface area contributed by atoms with Crippen molar-refractivity contribution >= 4 is 22.1 Å². The summed E-state index contributed by atoms with van der Waals surface area (Å²) in [6.45, 7) is 2.48. The highest BCUT2D eigenvalue weighted by atomic mass is 32.2. The second kappa shape index (κ2) is 8.41. The van der Waals surface area contributed by atoms with Gasteiger partial charge in [-0.15, -0.1) is 0 Å². The van der Waals surface area contributed by atoms with Gasteiger partial charge in [0.25, 0.3) is 0 Å². The second-order valence-corrected chi connectivity index (χ2v) is 8.47. The lowest BCUT2D eigenvalue weighted by Gasteiger charge is -2.30. The van der Waals surface area contributed by atoms with Crippen molar-refractivity contribution in [3.05, 3.63) is 59.9 Å². The first-order valence-corrected chi connectivity index (χ1v) is 10.2. The van der Waals surface area contributed by atoms with E-state index in [0.29, 0.717) is 19.4 Å². The number of hydrogen-bond acceptors (Lipinski definition) is 5. The molecule has 3 rings (SSSR count). The van der Waals surface area contributed by atoms with E-state index in [0.717, 1.165) is 11.1 Å². The van der Waals surface area contributed by atoms with Crippen molar-refractivity contribution in [1.29, 1.82) is 0 Å². The lowest BCUT2D eigenvalue weighted by Crippen LogP contribution is -2.44. The number of amides is 1. The van der Waals surface area contributed by atoms with Crippen LogP contribution in [-0.2, 0) is 14.8 Å². The molecule has 0 unspecified atom stereocenters. The molecule has 0 spiro atoms. The highest BCUT2D eigenvalue weighted by molar-refractivity contribution is 7.89. The van der Waals surface area contributed by atoms with Gasteiger partial charge >= 0.3 is 0 Å². The smallest absolute Gasteiger partial charge is 0.244 e. The van der Waals surface area contributed by atoms with Gasteiger partial charge in [0.1, 0.15) is 0 Å². The molecule has 27 heavy (non-hydrogen) atoms. The number of rotatable bonds is 5. The zero-order valence-electron chi connectivity index (χ0n) is 15.1. The van der Waals surface area contributed by atoms with Crippen LogP contribution in [-0.4, -0.2) is 42.9 Å². The molecule has 0 bridgehead atoms. The Balaban J connectivity index is 1.64. The van der Waals surface area contributed by atoms with Gasteiger partial charge in [-0.25, -0.2) is 13.8 Å². The molecule has 1 atom stereocenters. The molecule has 1 fully saturated rings. The molecule has 0 aliphatic carbocycles. The molecule has 142 valence electrons. The van der Waals surface area contributed by atoms with Crippen molar-refractivity contribution in [1.82, 2.24) is 14.7 Å². The maximum atomic E-state index is 12.8. The Hall–Kier alpha value is -2.58. The van der Waals surface area contributed by atoms with Crippen molar-refractivity contribution in [3.8, 4) is 0 Å². The van der Waals surface area contributed by atoms with Crippen molar-refractivity contribution in [2.45, 2.75) is 24.7 Å². The topological polar surface area (TPSA) is 91.7 Å². The van der Waals surface area contributed by atoms with Crippen molar-refractivity contribution in [3.63, 3.8) is 0 Å². The van der Waals surface area contributed by atoms with Gasteiger partial charge < -0.3 is 0 Å². The van der Waals surface area contributed by atoms with Crippen LogP contribution in [0.25, 0.3) is 0 Å². The van der Waals surface area contributed by atoms with Gasteiger partial charge in [0.15, 0.2) is 0 Å². The maximum Gasteiger partial charge on any atom is 0.244 e. The summed E-state index contributed by atoms with van der Waals surface area (Å²) in [6.07, 6.45) is 6.06. The highest BCUT2D eigenvalue weighted by Gasteiger charge is 2.33. The first kappa shape index (κ1) is 19.2. The van der Waals surface area contributed by atoms with Crippen LogP contribution in [0.2, 0.25) is 0 Å². The fourth-order valence-electron chi connectivity index (χ4n) is 2.95. The van der Waals surface area contributed by atoms with Crippen LogP contribution in [0.3, 0.4) is 0 Å². The van der Waals surface area contributed by atoms with Crippen LogP contribution in [0.5, 0.6) is 0 Å². The monoisotopic (exact) mass is 386 g/mol. The first-order chi connectivity index (χ1) is 13.0. The molecule has 2 aromatic rings. The molecule has 1 aliphatic rings. The third-order valence-electron chi connectivity index (χ3n) is 4.49. The van der Waals surface area contributed by atoms with Crippen LogP contribution in [0.15, 0.2) is 58.8 Å². The molecule has 1 amide bonds. The van der Waals surface area contributed by atoms with E-state index in [1.807, 2.05) is 13.0 Å². The molecule has 1 aromatic carbocycles. The van der Waals surface area contributed by atoms with E-state index >= 15 is 0 Å². The Morgan fingerprint density at radius 2 is 2.07 bits per heavy atom. The minimum atomic E-state index is -3.60. The molecule has 0 saturated carbocycles.